The summed E-state index contributed by atoms with van der Waals surface area (Å²) in [5.41, 5.74) is 0.0121. The lowest BCUT2D eigenvalue weighted by Crippen LogP contribution is -2.48. The molecule has 1 aromatic rings. The van der Waals surface area contributed by atoms with Crippen LogP contribution in [0.3, 0.4) is 0 Å². The van der Waals surface area contributed by atoms with Crippen LogP contribution in [0.15, 0.2) is 10.2 Å². The van der Waals surface area contributed by atoms with Crippen LogP contribution in [0.25, 0.3) is 0 Å². The van der Waals surface area contributed by atoms with E-state index >= 15 is 0 Å². The van der Waals surface area contributed by atoms with Gasteiger partial charge < -0.3 is 5.32 Å². The number of rotatable bonds is 3. The van der Waals surface area contributed by atoms with Crippen LogP contribution in [0.1, 0.15) is 19.0 Å². The topological polar surface area (TPSA) is 85.2 Å². The van der Waals surface area contributed by atoms with E-state index in [2.05, 4.69) is 5.32 Å². The molecule has 2 heterocycles. The fourth-order valence-corrected chi connectivity index (χ4v) is 5.05. The molecule has 6 nitrogen and oxygen atoms in total. The van der Waals surface area contributed by atoms with Crippen molar-refractivity contribution in [1.82, 2.24) is 9.88 Å². The molecule has 0 bridgehead atoms. The third-order valence-corrected chi connectivity index (χ3v) is 6.01. The van der Waals surface area contributed by atoms with E-state index in [4.69, 9.17) is 0 Å². The van der Waals surface area contributed by atoms with E-state index in [9.17, 15) is 18.0 Å². The Hall–Kier alpha value is -1.15. The molecule has 0 aliphatic carbocycles. The Morgan fingerprint density at radius 2 is 2.26 bits per heavy atom. The van der Waals surface area contributed by atoms with Crippen LogP contribution in [0.2, 0.25) is 0 Å². The maximum absolute atomic E-state index is 11.9. The van der Waals surface area contributed by atoms with Crippen molar-refractivity contribution >= 4 is 27.1 Å². The van der Waals surface area contributed by atoms with Crippen LogP contribution in [0.4, 0.5) is 0 Å². The smallest absolute Gasteiger partial charge is 0.307 e. The van der Waals surface area contributed by atoms with E-state index in [0.29, 0.717) is 6.42 Å². The summed E-state index contributed by atoms with van der Waals surface area (Å²) < 4.78 is 24.3. The van der Waals surface area contributed by atoms with Gasteiger partial charge in [-0.15, -0.1) is 0 Å². The minimum Gasteiger partial charge on any atom is -0.348 e. The predicted molar refractivity (Wildman–Crippen MR) is 73.1 cm³/mol. The van der Waals surface area contributed by atoms with Gasteiger partial charge in [0.25, 0.3) is 0 Å². The molecule has 0 saturated carbocycles. The molecule has 1 aromatic heterocycles. The minimum absolute atomic E-state index is 0.0384. The van der Waals surface area contributed by atoms with E-state index in [-0.39, 0.29) is 28.8 Å². The number of amides is 1. The number of hydrogen-bond donors (Lipinski definition) is 1. The molecule has 19 heavy (non-hydrogen) atoms. The quantitative estimate of drug-likeness (QED) is 0.846. The molecular formula is C11H16N2O4S2. The zero-order chi connectivity index (χ0) is 14.3. The fourth-order valence-electron chi connectivity index (χ4n) is 2.22. The lowest BCUT2D eigenvalue weighted by molar-refractivity contribution is -0.123. The summed E-state index contributed by atoms with van der Waals surface area (Å²) >= 11 is 1.05. The Kier molecular flexibility index (Phi) is 3.57. The van der Waals surface area contributed by atoms with Crippen LogP contribution in [-0.2, 0) is 21.2 Å². The highest BCUT2D eigenvalue weighted by Gasteiger charge is 2.39. The molecule has 1 aliphatic rings. The third-order valence-electron chi connectivity index (χ3n) is 3.22. The van der Waals surface area contributed by atoms with Crippen LogP contribution >= 0.6 is 11.3 Å². The predicted octanol–water partition coefficient (Wildman–Crippen LogP) is -0.0884. The van der Waals surface area contributed by atoms with Gasteiger partial charge in [0, 0.05) is 11.1 Å². The van der Waals surface area contributed by atoms with Gasteiger partial charge in [-0.2, -0.15) is 0 Å². The largest absolute Gasteiger partial charge is 0.348 e. The number of thiazole rings is 1. The monoisotopic (exact) mass is 304 g/mol. The summed E-state index contributed by atoms with van der Waals surface area (Å²) in [5, 5.41) is 4.42. The molecule has 0 aromatic carbocycles. The van der Waals surface area contributed by atoms with E-state index in [0.717, 1.165) is 17.0 Å². The summed E-state index contributed by atoms with van der Waals surface area (Å²) in [6.45, 7) is 3.41. The van der Waals surface area contributed by atoms with Crippen molar-refractivity contribution in [1.29, 1.82) is 0 Å². The summed E-state index contributed by atoms with van der Waals surface area (Å²) in [6.07, 6.45) is 0.415. The highest BCUT2D eigenvalue weighted by Crippen LogP contribution is 2.22. The normalized spacial score (nSPS) is 25.4. The van der Waals surface area contributed by atoms with Crippen molar-refractivity contribution < 1.29 is 13.2 Å². The SMILES string of the molecule is Cc1csc(=O)n1CC(=O)N[C@]1(C)CCS(=O)(=O)C1. The number of aromatic nitrogens is 1. The van der Waals surface area contributed by atoms with Gasteiger partial charge >= 0.3 is 4.87 Å². The van der Waals surface area contributed by atoms with Crippen LogP contribution < -0.4 is 10.2 Å². The van der Waals surface area contributed by atoms with Crippen molar-refractivity contribution in [2.24, 2.45) is 0 Å². The fraction of sp³-hybridized carbons (Fsp3) is 0.636. The Morgan fingerprint density at radius 3 is 2.74 bits per heavy atom. The lowest BCUT2D eigenvalue weighted by atomic mass is 10.0. The molecule has 0 unspecified atom stereocenters. The summed E-state index contributed by atoms with van der Waals surface area (Å²) in [6, 6.07) is 0. The first-order chi connectivity index (χ1) is 8.71. The first kappa shape index (κ1) is 14.3. The number of hydrogen-bond acceptors (Lipinski definition) is 5. The summed E-state index contributed by atoms with van der Waals surface area (Å²) in [7, 11) is -3.06. The Morgan fingerprint density at radius 1 is 1.58 bits per heavy atom. The second-order valence-electron chi connectivity index (χ2n) is 5.18. The number of nitrogens with one attached hydrogen (secondary N) is 1. The van der Waals surface area contributed by atoms with Crippen molar-refractivity contribution in [3.05, 3.63) is 20.7 Å². The van der Waals surface area contributed by atoms with E-state index in [1.54, 1.807) is 19.2 Å². The molecule has 1 atom stereocenters. The second kappa shape index (κ2) is 4.75. The Bertz CT molecular complexity index is 658. The maximum atomic E-state index is 11.9. The van der Waals surface area contributed by atoms with Crippen LogP contribution in [0.5, 0.6) is 0 Å². The van der Waals surface area contributed by atoms with Gasteiger partial charge in [0.05, 0.1) is 17.0 Å². The summed E-state index contributed by atoms with van der Waals surface area (Å²) in [4.78, 5) is 23.2. The van der Waals surface area contributed by atoms with Gasteiger partial charge in [0.2, 0.25) is 5.91 Å². The van der Waals surface area contributed by atoms with Gasteiger partial charge in [0.15, 0.2) is 9.84 Å². The van der Waals surface area contributed by atoms with Crippen molar-refractivity contribution in [2.75, 3.05) is 11.5 Å². The number of nitrogens with zero attached hydrogens (tertiary/aromatic N) is 1. The highest BCUT2D eigenvalue weighted by atomic mass is 32.2. The average molecular weight is 304 g/mol. The molecule has 2 rings (SSSR count). The van der Waals surface area contributed by atoms with Crippen LogP contribution in [0, 0.1) is 6.92 Å². The maximum Gasteiger partial charge on any atom is 0.307 e. The molecule has 1 N–H and O–H groups in total. The Labute approximate surface area is 115 Å². The number of sulfone groups is 1. The van der Waals surface area contributed by atoms with Gasteiger partial charge in [-0.3, -0.25) is 14.2 Å². The second-order valence-corrected chi connectivity index (χ2v) is 8.18. The molecule has 8 heteroatoms. The van der Waals surface area contributed by atoms with Gasteiger partial charge in [0.1, 0.15) is 6.54 Å². The van der Waals surface area contributed by atoms with Gasteiger partial charge in [-0.25, -0.2) is 8.42 Å². The van der Waals surface area contributed by atoms with E-state index in [1.165, 1.54) is 4.57 Å². The average Bonchev–Trinajstić information content (AvgIpc) is 2.71. The van der Waals surface area contributed by atoms with E-state index in [1.807, 2.05) is 0 Å². The third kappa shape index (κ3) is 3.24. The number of carbonyl (C=O) groups is 1. The number of aryl methyl sites for hydroxylation is 1. The standard InChI is InChI=1S/C11H16N2O4S2/c1-8-6-18-10(15)13(8)5-9(14)12-11(2)3-4-19(16,17)7-11/h6H,3-5,7H2,1-2H3,(H,12,14)/t11-/m1/s1. The Balaban J connectivity index is 2.05. The molecule has 1 aliphatic heterocycles. The van der Waals surface area contributed by atoms with E-state index < -0.39 is 15.4 Å². The molecule has 0 spiro atoms. The molecule has 1 fully saturated rings. The first-order valence-corrected chi connectivity index (χ1v) is 8.57. The zero-order valence-corrected chi connectivity index (χ0v) is 12.4. The highest BCUT2D eigenvalue weighted by molar-refractivity contribution is 7.91. The molecular weight excluding hydrogens is 288 g/mol. The first-order valence-electron chi connectivity index (χ1n) is 5.87. The summed E-state index contributed by atoms with van der Waals surface area (Å²) in [5.74, 6) is -0.270. The van der Waals surface area contributed by atoms with Crippen molar-refractivity contribution in [3.63, 3.8) is 0 Å². The van der Waals surface area contributed by atoms with Gasteiger partial charge in [-0.05, 0) is 20.3 Å². The van der Waals surface area contributed by atoms with Crippen molar-refractivity contribution in [3.8, 4) is 0 Å². The van der Waals surface area contributed by atoms with Crippen LogP contribution in [-0.4, -0.2) is 35.9 Å². The number of carbonyl (C=O) groups excluding carboxylic acids is 1. The molecule has 106 valence electrons. The zero-order valence-electron chi connectivity index (χ0n) is 10.8. The molecule has 1 amide bonds. The minimum atomic E-state index is -3.06. The van der Waals surface area contributed by atoms with Crippen molar-refractivity contribution in [2.45, 2.75) is 32.4 Å². The van der Waals surface area contributed by atoms with Gasteiger partial charge in [-0.1, -0.05) is 11.3 Å². The molecule has 1 saturated heterocycles. The lowest BCUT2D eigenvalue weighted by Gasteiger charge is -2.24. The molecule has 0 radical (unpaired) electrons.